The number of nitrogens with zero attached hydrogens (tertiary/aromatic N) is 1. The molecule has 4 nitrogen and oxygen atoms in total. The maximum absolute atomic E-state index is 13.6. The fraction of sp³-hybridized carbons (Fsp3) is 0. The lowest BCUT2D eigenvalue weighted by molar-refractivity contribution is 0.0690. The van der Waals surface area contributed by atoms with Crippen LogP contribution in [0.25, 0.3) is 12.2 Å². The number of carbonyl (C=O) groups is 1. The summed E-state index contributed by atoms with van der Waals surface area (Å²) >= 11 is 1.22. The normalized spacial score (nSPS) is 11.1. The van der Waals surface area contributed by atoms with Crippen LogP contribution in [0.5, 0.6) is 0 Å². The predicted octanol–water partition coefficient (Wildman–Crippen LogP) is 2.87. The van der Waals surface area contributed by atoms with Gasteiger partial charge in [0.05, 0.1) is 11.3 Å². The van der Waals surface area contributed by atoms with E-state index in [1.54, 1.807) is 5.38 Å². The number of hydrogen-bond donors (Lipinski definition) is 2. The molecule has 0 aliphatic heterocycles. The highest BCUT2D eigenvalue weighted by Crippen LogP contribution is 2.19. The molecule has 98 valence electrons. The fourth-order valence-electron chi connectivity index (χ4n) is 1.41. The summed E-state index contributed by atoms with van der Waals surface area (Å²) in [5, 5.41) is 10.7. The number of halogens is 2. The molecule has 0 unspecified atom stereocenters. The first-order valence-corrected chi connectivity index (χ1v) is 5.97. The van der Waals surface area contributed by atoms with Gasteiger partial charge in [0.1, 0.15) is 0 Å². The molecule has 0 amide bonds. The van der Waals surface area contributed by atoms with Crippen LogP contribution in [0.4, 0.5) is 13.9 Å². The Morgan fingerprint density at radius 1 is 1.32 bits per heavy atom. The molecule has 0 bridgehead atoms. The van der Waals surface area contributed by atoms with Crippen LogP contribution in [0.1, 0.15) is 21.6 Å². The van der Waals surface area contributed by atoms with E-state index in [0.29, 0.717) is 10.8 Å². The zero-order valence-corrected chi connectivity index (χ0v) is 10.2. The molecule has 1 aromatic carbocycles. The van der Waals surface area contributed by atoms with Crippen molar-refractivity contribution < 1.29 is 18.7 Å². The van der Waals surface area contributed by atoms with E-state index in [1.165, 1.54) is 29.6 Å². The first kappa shape index (κ1) is 13.2. The van der Waals surface area contributed by atoms with Gasteiger partial charge in [0.2, 0.25) is 0 Å². The number of benzene rings is 1. The predicted molar refractivity (Wildman–Crippen MR) is 68.8 cm³/mol. The quantitative estimate of drug-likeness (QED) is 0.907. The number of carboxylic acid groups (broad SMARTS) is 1. The Balaban J connectivity index is 2.34. The number of hydrogen-bond acceptors (Lipinski definition) is 4. The van der Waals surface area contributed by atoms with Crippen LogP contribution in [0, 0.1) is 11.6 Å². The van der Waals surface area contributed by atoms with E-state index in [2.05, 4.69) is 4.98 Å². The molecule has 2 rings (SSSR count). The van der Waals surface area contributed by atoms with E-state index in [4.69, 9.17) is 10.8 Å². The van der Waals surface area contributed by atoms with E-state index in [-0.39, 0.29) is 5.56 Å². The first-order valence-electron chi connectivity index (χ1n) is 5.09. The van der Waals surface area contributed by atoms with Gasteiger partial charge >= 0.3 is 5.97 Å². The lowest BCUT2D eigenvalue weighted by Crippen LogP contribution is -2.03. The number of carboxylic acids is 1. The number of nitrogen functional groups attached to an aromatic ring is 1. The smallest absolute Gasteiger partial charge is 0.338 e. The topological polar surface area (TPSA) is 76.2 Å². The standard InChI is InChI=1S/C12H8F2N2O2S/c13-9-6(1-3-7-5-19-12(15)16-7)2-4-8(10(9)14)11(17)18/h1-5H,(H2,15,16)(H,17,18)/b3-1+. The summed E-state index contributed by atoms with van der Waals surface area (Å²) in [5.74, 6) is -4.11. The van der Waals surface area contributed by atoms with Crippen molar-refractivity contribution in [3.8, 4) is 0 Å². The summed E-state index contributed by atoms with van der Waals surface area (Å²) in [6.07, 6.45) is 2.77. The maximum Gasteiger partial charge on any atom is 0.338 e. The number of aromatic carboxylic acids is 1. The minimum atomic E-state index is -1.51. The summed E-state index contributed by atoms with van der Waals surface area (Å²) in [6, 6.07) is 2.20. The largest absolute Gasteiger partial charge is 0.478 e. The molecule has 0 atom stereocenters. The van der Waals surface area contributed by atoms with E-state index in [0.717, 1.165) is 6.07 Å². The van der Waals surface area contributed by atoms with E-state index < -0.39 is 23.2 Å². The van der Waals surface area contributed by atoms with Crippen molar-refractivity contribution >= 4 is 34.6 Å². The van der Waals surface area contributed by atoms with Gasteiger partial charge < -0.3 is 10.8 Å². The van der Waals surface area contributed by atoms with Crippen molar-refractivity contribution in [1.29, 1.82) is 0 Å². The molecule has 0 spiro atoms. The van der Waals surface area contributed by atoms with Gasteiger partial charge in [-0.05, 0) is 18.2 Å². The summed E-state index contributed by atoms with van der Waals surface area (Å²) in [4.78, 5) is 14.5. The summed E-state index contributed by atoms with van der Waals surface area (Å²) in [5.41, 5.74) is 5.18. The molecule has 7 heteroatoms. The fourth-order valence-corrected chi connectivity index (χ4v) is 1.94. The van der Waals surface area contributed by atoms with Crippen molar-refractivity contribution in [2.24, 2.45) is 0 Å². The molecule has 0 aliphatic carbocycles. The Kier molecular flexibility index (Phi) is 3.57. The van der Waals surface area contributed by atoms with E-state index >= 15 is 0 Å². The second-order valence-corrected chi connectivity index (χ2v) is 4.47. The third-order valence-electron chi connectivity index (χ3n) is 2.32. The summed E-state index contributed by atoms with van der Waals surface area (Å²) in [7, 11) is 0. The van der Waals surface area contributed by atoms with Crippen molar-refractivity contribution in [2.75, 3.05) is 5.73 Å². The Labute approximate surface area is 110 Å². The number of rotatable bonds is 3. The van der Waals surface area contributed by atoms with E-state index in [9.17, 15) is 13.6 Å². The molecule has 0 saturated carbocycles. The van der Waals surface area contributed by atoms with Crippen molar-refractivity contribution in [3.05, 3.63) is 46.0 Å². The minimum Gasteiger partial charge on any atom is -0.478 e. The zero-order valence-electron chi connectivity index (χ0n) is 9.43. The number of thiazole rings is 1. The molecule has 0 radical (unpaired) electrons. The molecule has 1 heterocycles. The first-order chi connectivity index (χ1) is 8.99. The van der Waals surface area contributed by atoms with Crippen LogP contribution in [0.15, 0.2) is 17.5 Å². The second-order valence-electron chi connectivity index (χ2n) is 3.58. The summed E-state index contributed by atoms with van der Waals surface area (Å²) in [6.45, 7) is 0. The molecule has 0 saturated heterocycles. The van der Waals surface area contributed by atoms with Crippen molar-refractivity contribution in [3.63, 3.8) is 0 Å². The van der Waals surface area contributed by atoms with Gasteiger partial charge in [0.15, 0.2) is 16.8 Å². The van der Waals surface area contributed by atoms with Crippen LogP contribution in [-0.2, 0) is 0 Å². The van der Waals surface area contributed by atoms with Crippen LogP contribution < -0.4 is 5.73 Å². The molecule has 1 aromatic heterocycles. The minimum absolute atomic E-state index is 0.0610. The van der Waals surface area contributed by atoms with Crippen LogP contribution >= 0.6 is 11.3 Å². The monoisotopic (exact) mass is 282 g/mol. The number of nitrogens with two attached hydrogens (primary N) is 1. The highest BCUT2D eigenvalue weighted by molar-refractivity contribution is 7.13. The van der Waals surface area contributed by atoms with Crippen molar-refractivity contribution in [1.82, 2.24) is 4.98 Å². The molecule has 2 aromatic rings. The maximum atomic E-state index is 13.6. The highest BCUT2D eigenvalue weighted by atomic mass is 32.1. The lowest BCUT2D eigenvalue weighted by Gasteiger charge is -2.01. The molecule has 19 heavy (non-hydrogen) atoms. The molecule has 0 aliphatic rings. The Morgan fingerprint density at radius 2 is 2.05 bits per heavy atom. The van der Waals surface area contributed by atoms with Crippen LogP contribution in [0.3, 0.4) is 0 Å². The SMILES string of the molecule is Nc1nc(/C=C/c2ccc(C(=O)O)c(F)c2F)cs1. The number of anilines is 1. The van der Waals surface area contributed by atoms with Crippen LogP contribution in [-0.4, -0.2) is 16.1 Å². The summed E-state index contributed by atoms with van der Waals surface area (Å²) < 4.78 is 27.0. The van der Waals surface area contributed by atoms with Gasteiger partial charge in [-0.2, -0.15) is 0 Å². The van der Waals surface area contributed by atoms with Gasteiger partial charge in [-0.1, -0.05) is 6.07 Å². The Morgan fingerprint density at radius 3 is 2.63 bits per heavy atom. The Hall–Kier alpha value is -2.28. The van der Waals surface area contributed by atoms with Gasteiger partial charge in [-0.15, -0.1) is 11.3 Å². The molecule has 3 N–H and O–H groups in total. The third kappa shape index (κ3) is 2.76. The van der Waals surface area contributed by atoms with Crippen LogP contribution in [0.2, 0.25) is 0 Å². The number of aromatic nitrogens is 1. The molecular formula is C12H8F2N2O2S. The average molecular weight is 282 g/mol. The van der Waals surface area contributed by atoms with Gasteiger partial charge in [0.25, 0.3) is 0 Å². The molecule has 0 fully saturated rings. The average Bonchev–Trinajstić information content (AvgIpc) is 2.76. The third-order valence-corrected chi connectivity index (χ3v) is 3.01. The van der Waals surface area contributed by atoms with Crippen molar-refractivity contribution in [2.45, 2.75) is 0 Å². The molecular weight excluding hydrogens is 274 g/mol. The van der Waals surface area contributed by atoms with Gasteiger partial charge in [-0.3, -0.25) is 0 Å². The van der Waals surface area contributed by atoms with Gasteiger partial charge in [0, 0.05) is 10.9 Å². The van der Waals surface area contributed by atoms with Gasteiger partial charge in [-0.25, -0.2) is 18.6 Å². The zero-order chi connectivity index (χ0) is 14.0. The second kappa shape index (κ2) is 5.15. The Bertz CT molecular complexity index is 668. The lowest BCUT2D eigenvalue weighted by atomic mass is 10.1. The highest BCUT2D eigenvalue weighted by Gasteiger charge is 2.16. The van der Waals surface area contributed by atoms with E-state index in [1.807, 2.05) is 0 Å².